The third kappa shape index (κ3) is 4.92. The first-order valence-electron chi connectivity index (χ1n) is 7.21. The predicted octanol–water partition coefficient (Wildman–Crippen LogP) is 3.64. The van der Waals surface area contributed by atoms with Crippen molar-refractivity contribution in [2.45, 2.75) is 52.6 Å². The summed E-state index contributed by atoms with van der Waals surface area (Å²) in [6.07, 6.45) is 2.01. The molecule has 0 saturated carbocycles. The molecule has 0 saturated heterocycles. The second kappa shape index (κ2) is 7.61. The Morgan fingerprint density at radius 1 is 1.26 bits per heavy atom. The van der Waals surface area contributed by atoms with Crippen molar-refractivity contribution >= 4 is 0 Å². The predicted molar refractivity (Wildman–Crippen MR) is 79.7 cm³/mol. The zero-order valence-corrected chi connectivity index (χ0v) is 12.6. The molecule has 19 heavy (non-hydrogen) atoms. The molecule has 0 bridgehead atoms. The molecule has 0 aliphatic carbocycles. The van der Waals surface area contributed by atoms with Crippen molar-refractivity contribution in [3.63, 3.8) is 0 Å². The average molecular weight is 266 g/mol. The van der Waals surface area contributed by atoms with Crippen molar-refractivity contribution in [2.24, 2.45) is 5.73 Å². The van der Waals surface area contributed by atoms with E-state index in [9.17, 15) is 4.39 Å². The van der Waals surface area contributed by atoms with E-state index in [0.717, 1.165) is 31.5 Å². The average Bonchev–Trinajstić information content (AvgIpc) is 2.37. The van der Waals surface area contributed by atoms with Gasteiger partial charge in [-0.2, -0.15) is 0 Å². The number of nitrogens with two attached hydrogens (primary N) is 1. The van der Waals surface area contributed by atoms with Gasteiger partial charge in [-0.25, -0.2) is 4.39 Å². The van der Waals surface area contributed by atoms with Gasteiger partial charge in [0.05, 0.1) is 0 Å². The SMILES string of the molecule is CCCN(CCC(N)c1ccc(C)c(F)c1)C(C)C. The van der Waals surface area contributed by atoms with Gasteiger partial charge >= 0.3 is 0 Å². The Labute approximate surface area is 116 Å². The van der Waals surface area contributed by atoms with E-state index in [0.29, 0.717) is 11.6 Å². The highest BCUT2D eigenvalue weighted by Crippen LogP contribution is 2.18. The van der Waals surface area contributed by atoms with E-state index in [1.54, 1.807) is 19.1 Å². The summed E-state index contributed by atoms with van der Waals surface area (Å²) in [5.41, 5.74) is 7.73. The Bertz CT molecular complexity index is 390. The van der Waals surface area contributed by atoms with E-state index >= 15 is 0 Å². The van der Waals surface area contributed by atoms with Gasteiger partial charge in [0.25, 0.3) is 0 Å². The van der Waals surface area contributed by atoms with Gasteiger partial charge in [-0.15, -0.1) is 0 Å². The molecule has 0 aliphatic heterocycles. The molecule has 0 radical (unpaired) electrons. The highest BCUT2D eigenvalue weighted by molar-refractivity contribution is 5.25. The standard InChI is InChI=1S/C16H27FN2/c1-5-9-19(12(2)3)10-8-16(18)14-7-6-13(4)15(17)11-14/h6-7,11-12,16H,5,8-10,18H2,1-4H3. The molecular weight excluding hydrogens is 239 g/mol. The van der Waals surface area contributed by atoms with Crippen LogP contribution in [0, 0.1) is 12.7 Å². The first kappa shape index (κ1) is 16.1. The van der Waals surface area contributed by atoms with E-state index in [4.69, 9.17) is 5.73 Å². The van der Waals surface area contributed by atoms with Gasteiger partial charge < -0.3 is 10.6 Å². The maximum atomic E-state index is 13.5. The largest absolute Gasteiger partial charge is 0.324 e. The Balaban J connectivity index is 2.58. The number of aryl methyl sites for hydroxylation is 1. The normalized spacial score (nSPS) is 13.3. The molecule has 0 aliphatic rings. The van der Waals surface area contributed by atoms with Crippen LogP contribution in [0.25, 0.3) is 0 Å². The van der Waals surface area contributed by atoms with Gasteiger partial charge in [0, 0.05) is 18.6 Å². The minimum Gasteiger partial charge on any atom is -0.324 e. The fourth-order valence-electron chi connectivity index (χ4n) is 2.23. The minimum absolute atomic E-state index is 0.0896. The van der Waals surface area contributed by atoms with Crippen LogP contribution in [-0.2, 0) is 0 Å². The van der Waals surface area contributed by atoms with Crippen molar-refractivity contribution in [2.75, 3.05) is 13.1 Å². The van der Waals surface area contributed by atoms with Gasteiger partial charge in [0.2, 0.25) is 0 Å². The molecule has 2 N–H and O–H groups in total. The molecule has 108 valence electrons. The van der Waals surface area contributed by atoms with Crippen LogP contribution in [0.2, 0.25) is 0 Å². The summed E-state index contributed by atoms with van der Waals surface area (Å²) in [6, 6.07) is 5.74. The minimum atomic E-state index is -0.165. The topological polar surface area (TPSA) is 29.3 Å². The molecule has 1 aromatic rings. The molecule has 0 amide bonds. The third-order valence-corrected chi connectivity index (χ3v) is 3.59. The molecule has 0 aromatic heterocycles. The van der Waals surface area contributed by atoms with Crippen molar-refractivity contribution in [3.8, 4) is 0 Å². The van der Waals surface area contributed by atoms with Gasteiger partial charge in [0.1, 0.15) is 5.82 Å². The van der Waals surface area contributed by atoms with E-state index < -0.39 is 0 Å². The highest BCUT2D eigenvalue weighted by atomic mass is 19.1. The zero-order chi connectivity index (χ0) is 14.4. The second-order valence-electron chi connectivity index (χ2n) is 5.53. The molecule has 1 rings (SSSR count). The molecule has 1 unspecified atom stereocenters. The second-order valence-corrected chi connectivity index (χ2v) is 5.53. The van der Waals surface area contributed by atoms with Gasteiger partial charge in [-0.3, -0.25) is 0 Å². The van der Waals surface area contributed by atoms with Crippen LogP contribution in [-0.4, -0.2) is 24.0 Å². The molecule has 0 heterocycles. The van der Waals surface area contributed by atoms with Crippen LogP contribution in [0.1, 0.15) is 50.8 Å². The van der Waals surface area contributed by atoms with Gasteiger partial charge in [0.15, 0.2) is 0 Å². The lowest BCUT2D eigenvalue weighted by molar-refractivity contribution is 0.214. The van der Waals surface area contributed by atoms with Crippen molar-refractivity contribution in [1.29, 1.82) is 0 Å². The number of halogens is 1. The number of benzene rings is 1. The summed E-state index contributed by atoms with van der Waals surface area (Å²) in [6.45, 7) is 10.4. The van der Waals surface area contributed by atoms with Gasteiger partial charge in [-0.05, 0) is 57.4 Å². The summed E-state index contributed by atoms with van der Waals surface area (Å²) in [5, 5.41) is 0. The molecule has 0 spiro atoms. The Morgan fingerprint density at radius 3 is 2.47 bits per heavy atom. The summed E-state index contributed by atoms with van der Waals surface area (Å²) >= 11 is 0. The molecular formula is C16H27FN2. The van der Waals surface area contributed by atoms with E-state index in [2.05, 4.69) is 25.7 Å². The Morgan fingerprint density at radius 2 is 1.95 bits per heavy atom. The number of rotatable bonds is 7. The van der Waals surface area contributed by atoms with E-state index in [1.165, 1.54) is 0 Å². The zero-order valence-electron chi connectivity index (χ0n) is 12.6. The van der Waals surface area contributed by atoms with Crippen molar-refractivity contribution < 1.29 is 4.39 Å². The van der Waals surface area contributed by atoms with Crippen molar-refractivity contribution in [1.82, 2.24) is 4.90 Å². The van der Waals surface area contributed by atoms with Crippen molar-refractivity contribution in [3.05, 3.63) is 35.1 Å². The summed E-state index contributed by atoms with van der Waals surface area (Å²) in [7, 11) is 0. The van der Waals surface area contributed by atoms with E-state index in [-0.39, 0.29) is 11.9 Å². The summed E-state index contributed by atoms with van der Waals surface area (Å²) in [5.74, 6) is -0.165. The lowest BCUT2D eigenvalue weighted by Gasteiger charge is -2.27. The first-order chi connectivity index (χ1) is 8.95. The fourth-order valence-corrected chi connectivity index (χ4v) is 2.23. The maximum Gasteiger partial charge on any atom is 0.126 e. The highest BCUT2D eigenvalue weighted by Gasteiger charge is 2.13. The monoisotopic (exact) mass is 266 g/mol. The quantitative estimate of drug-likeness (QED) is 0.816. The van der Waals surface area contributed by atoms with Crippen LogP contribution in [0.4, 0.5) is 4.39 Å². The molecule has 3 heteroatoms. The number of nitrogens with zero attached hydrogens (tertiary/aromatic N) is 1. The van der Waals surface area contributed by atoms with E-state index in [1.807, 2.05) is 6.07 Å². The Hall–Kier alpha value is -0.930. The summed E-state index contributed by atoms with van der Waals surface area (Å²) < 4.78 is 13.5. The van der Waals surface area contributed by atoms with Gasteiger partial charge in [-0.1, -0.05) is 19.1 Å². The summed E-state index contributed by atoms with van der Waals surface area (Å²) in [4.78, 5) is 2.42. The number of hydrogen-bond acceptors (Lipinski definition) is 2. The third-order valence-electron chi connectivity index (χ3n) is 3.59. The molecule has 1 atom stereocenters. The molecule has 1 aromatic carbocycles. The fraction of sp³-hybridized carbons (Fsp3) is 0.625. The van der Waals surface area contributed by atoms with Crippen LogP contribution >= 0.6 is 0 Å². The lowest BCUT2D eigenvalue weighted by Crippen LogP contribution is -2.34. The smallest absolute Gasteiger partial charge is 0.126 e. The molecule has 0 fully saturated rings. The van der Waals surface area contributed by atoms with Crippen LogP contribution in [0.5, 0.6) is 0 Å². The van der Waals surface area contributed by atoms with Crippen LogP contribution in [0.15, 0.2) is 18.2 Å². The van der Waals surface area contributed by atoms with Crippen LogP contribution < -0.4 is 5.73 Å². The lowest BCUT2D eigenvalue weighted by atomic mass is 10.0. The Kier molecular flexibility index (Phi) is 6.46. The first-order valence-corrected chi connectivity index (χ1v) is 7.21. The maximum absolute atomic E-state index is 13.5. The molecule has 2 nitrogen and oxygen atoms in total. The number of hydrogen-bond donors (Lipinski definition) is 1. The van der Waals surface area contributed by atoms with Crippen LogP contribution in [0.3, 0.4) is 0 Å².